The number of carbonyl (C=O) groups excluding carboxylic acids is 2. The van der Waals surface area contributed by atoms with Crippen molar-refractivity contribution in [3.05, 3.63) is 35.0 Å². The molecule has 1 aromatic rings. The van der Waals surface area contributed by atoms with Crippen LogP contribution >= 0.6 is 0 Å². The molecule has 32 heavy (non-hydrogen) atoms. The predicted molar refractivity (Wildman–Crippen MR) is 121 cm³/mol. The first-order valence-corrected chi connectivity index (χ1v) is 11.0. The highest BCUT2D eigenvalue weighted by atomic mass is 16.6. The molecule has 7 nitrogen and oxygen atoms in total. The lowest BCUT2D eigenvalue weighted by Gasteiger charge is -2.39. The van der Waals surface area contributed by atoms with Crippen molar-refractivity contribution in [2.75, 3.05) is 34.0 Å². The summed E-state index contributed by atoms with van der Waals surface area (Å²) in [5.41, 5.74) is 2.64. The van der Waals surface area contributed by atoms with Crippen LogP contribution in [0, 0.1) is 11.3 Å². The van der Waals surface area contributed by atoms with Gasteiger partial charge < -0.3 is 18.9 Å². The number of benzene rings is 1. The molecule has 7 heteroatoms. The number of Topliss-reactive ketones (excluding diaryl/α,β-unsaturated/α-hetero) is 1. The van der Waals surface area contributed by atoms with Crippen molar-refractivity contribution < 1.29 is 28.5 Å². The Bertz CT molecular complexity index is 946. The van der Waals surface area contributed by atoms with Crippen molar-refractivity contribution >= 4 is 17.5 Å². The Balaban J connectivity index is 2.07. The summed E-state index contributed by atoms with van der Waals surface area (Å²) in [5, 5.41) is 0. The highest BCUT2D eigenvalue weighted by Gasteiger charge is 2.46. The van der Waals surface area contributed by atoms with Crippen LogP contribution in [-0.4, -0.2) is 51.5 Å². The topological polar surface area (TPSA) is 83.4 Å². The van der Waals surface area contributed by atoms with E-state index in [0.29, 0.717) is 48.8 Å². The van der Waals surface area contributed by atoms with E-state index in [-0.39, 0.29) is 17.8 Å². The van der Waals surface area contributed by atoms with Crippen molar-refractivity contribution in [3.8, 4) is 11.5 Å². The molecule has 1 aromatic carbocycles. The fourth-order valence-corrected chi connectivity index (χ4v) is 4.59. The van der Waals surface area contributed by atoms with Crippen molar-refractivity contribution in [2.24, 2.45) is 16.3 Å². The molecule has 1 aliphatic heterocycles. The van der Waals surface area contributed by atoms with Gasteiger partial charge in [0, 0.05) is 35.9 Å². The quantitative estimate of drug-likeness (QED) is 0.444. The molecule has 1 aliphatic carbocycles. The van der Waals surface area contributed by atoms with Gasteiger partial charge in [-0.05, 0) is 43.4 Å². The van der Waals surface area contributed by atoms with Gasteiger partial charge in [0.1, 0.15) is 12.5 Å². The summed E-state index contributed by atoms with van der Waals surface area (Å²) in [6.45, 7) is 8.89. The van der Waals surface area contributed by atoms with Gasteiger partial charge in [-0.15, -0.1) is 0 Å². The van der Waals surface area contributed by atoms with Crippen LogP contribution < -0.4 is 9.47 Å². The van der Waals surface area contributed by atoms with Gasteiger partial charge >= 0.3 is 5.97 Å². The maximum atomic E-state index is 13.3. The number of nitrogens with zero attached hydrogens (tertiary/aromatic N) is 1. The standard InChI is InChI=1S/C25H33NO6/c1-7-31-10-11-32-24(28)21-15(2)26-17-13-25(3,4)14-18(27)23(17)22(21)16-8-9-19(29-5)20(12-16)30-6/h8-9,12,21-22H,7,10-11,13-14H2,1-6H3/t21?,22-/m1/s1. The van der Waals surface area contributed by atoms with Crippen molar-refractivity contribution in [1.82, 2.24) is 0 Å². The molecule has 0 bridgehead atoms. The summed E-state index contributed by atoms with van der Waals surface area (Å²) < 4.78 is 21.7. The monoisotopic (exact) mass is 443 g/mol. The second kappa shape index (κ2) is 9.86. The van der Waals surface area contributed by atoms with Crippen LogP contribution in [0.5, 0.6) is 11.5 Å². The Morgan fingerprint density at radius 3 is 2.50 bits per heavy atom. The van der Waals surface area contributed by atoms with Gasteiger partial charge in [0.15, 0.2) is 17.3 Å². The zero-order valence-corrected chi connectivity index (χ0v) is 19.8. The van der Waals surface area contributed by atoms with E-state index in [1.165, 1.54) is 0 Å². The van der Waals surface area contributed by atoms with Gasteiger partial charge in [0.25, 0.3) is 0 Å². The number of hydrogen-bond donors (Lipinski definition) is 0. The van der Waals surface area contributed by atoms with E-state index in [4.69, 9.17) is 23.9 Å². The van der Waals surface area contributed by atoms with Crippen molar-refractivity contribution in [2.45, 2.75) is 46.5 Å². The van der Waals surface area contributed by atoms with E-state index in [1.54, 1.807) is 20.3 Å². The highest BCUT2D eigenvalue weighted by Crippen LogP contribution is 2.48. The first kappa shape index (κ1) is 24.0. The molecule has 2 aliphatic rings. The predicted octanol–water partition coefficient (Wildman–Crippen LogP) is 4.10. The number of aliphatic imine (C=N–C) groups is 1. The van der Waals surface area contributed by atoms with Crippen LogP contribution in [0.2, 0.25) is 0 Å². The molecule has 0 amide bonds. The number of hydrogen-bond acceptors (Lipinski definition) is 7. The molecule has 0 N–H and O–H groups in total. The van der Waals surface area contributed by atoms with Crippen LogP contribution in [0.25, 0.3) is 0 Å². The van der Waals surface area contributed by atoms with Crippen LogP contribution in [0.3, 0.4) is 0 Å². The Morgan fingerprint density at radius 1 is 1.12 bits per heavy atom. The summed E-state index contributed by atoms with van der Waals surface area (Å²) in [6.07, 6.45) is 1.09. The molecule has 3 rings (SSSR count). The summed E-state index contributed by atoms with van der Waals surface area (Å²) >= 11 is 0. The van der Waals surface area contributed by atoms with E-state index in [9.17, 15) is 9.59 Å². The second-order valence-corrected chi connectivity index (χ2v) is 8.99. The minimum absolute atomic E-state index is 0.0272. The number of allylic oxidation sites excluding steroid dienone is 2. The first-order chi connectivity index (χ1) is 15.2. The average molecular weight is 444 g/mol. The molecule has 1 unspecified atom stereocenters. The highest BCUT2D eigenvalue weighted by molar-refractivity contribution is 6.09. The smallest absolute Gasteiger partial charge is 0.315 e. The van der Waals surface area contributed by atoms with Gasteiger partial charge in [-0.3, -0.25) is 14.6 Å². The van der Waals surface area contributed by atoms with Crippen molar-refractivity contribution in [3.63, 3.8) is 0 Å². The third kappa shape index (κ3) is 4.88. The van der Waals surface area contributed by atoms with E-state index < -0.39 is 17.8 Å². The molecule has 2 atom stereocenters. The lowest BCUT2D eigenvalue weighted by Crippen LogP contribution is -2.39. The van der Waals surface area contributed by atoms with Crippen LogP contribution in [0.1, 0.15) is 52.0 Å². The van der Waals surface area contributed by atoms with Crippen molar-refractivity contribution in [1.29, 1.82) is 0 Å². The van der Waals surface area contributed by atoms with Crippen LogP contribution in [0.4, 0.5) is 0 Å². The molecule has 174 valence electrons. The minimum Gasteiger partial charge on any atom is -0.493 e. The Labute approximate surface area is 189 Å². The zero-order chi connectivity index (χ0) is 23.5. The van der Waals surface area contributed by atoms with Crippen LogP contribution in [-0.2, 0) is 19.1 Å². The average Bonchev–Trinajstić information content (AvgIpc) is 2.74. The Kier molecular flexibility index (Phi) is 7.39. The zero-order valence-electron chi connectivity index (χ0n) is 19.8. The van der Waals surface area contributed by atoms with E-state index >= 15 is 0 Å². The van der Waals surface area contributed by atoms with E-state index in [1.807, 2.05) is 26.0 Å². The SMILES string of the molecule is CCOCCOC(=O)C1C(C)=NC2=C(C(=O)CC(C)(C)C2)[C@@H]1c1ccc(OC)c(OC)c1. The van der Waals surface area contributed by atoms with E-state index in [0.717, 1.165) is 11.3 Å². The van der Waals surface area contributed by atoms with Gasteiger partial charge in [-0.2, -0.15) is 0 Å². The summed E-state index contributed by atoms with van der Waals surface area (Å²) in [7, 11) is 3.13. The summed E-state index contributed by atoms with van der Waals surface area (Å²) in [5.74, 6) is -0.448. The molecule has 0 fully saturated rings. The largest absolute Gasteiger partial charge is 0.493 e. The van der Waals surface area contributed by atoms with Gasteiger partial charge in [-0.25, -0.2) is 0 Å². The minimum atomic E-state index is -0.696. The molecule has 0 spiro atoms. The molecule has 1 heterocycles. The Hall–Kier alpha value is -2.67. The van der Waals surface area contributed by atoms with Crippen LogP contribution in [0.15, 0.2) is 34.5 Å². The maximum absolute atomic E-state index is 13.3. The summed E-state index contributed by atoms with van der Waals surface area (Å²) in [6, 6.07) is 5.51. The number of ketones is 1. The lowest BCUT2D eigenvalue weighted by atomic mass is 9.67. The number of rotatable bonds is 8. The molecular formula is C25H33NO6. The number of esters is 1. The van der Waals surface area contributed by atoms with Gasteiger partial charge in [0.2, 0.25) is 0 Å². The fraction of sp³-hybridized carbons (Fsp3) is 0.560. The lowest BCUT2D eigenvalue weighted by molar-refractivity contribution is -0.148. The van der Waals surface area contributed by atoms with Gasteiger partial charge in [0.05, 0.1) is 20.8 Å². The third-order valence-electron chi connectivity index (χ3n) is 6.00. The normalized spacial score (nSPS) is 22.2. The summed E-state index contributed by atoms with van der Waals surface area (Å²) in [4.78, 5) is 31.3. The number of ether oxygens (including phenoxy) is 4. The molecule has 0 radical (unpaired) electrons. The Morgan fingerprint density at radius 2 is 1.84 bits per heavy atom. The molecule has 0 saturated heterocycles. The molecule has 0 aromatic heterocycles. The third-order valence-corrected chi connectivity index (χ3v) is 6.00. The number of carbonyl (C=O) groups is 2. The first-order valence-electron chi connectivity index (χ1n) is 11.0. The fourth-order valence-electron chi connectivity index (χ4n) is 4.59. The molecular weight excluding hydrogens is 410 g/mol. The number of methoxy groups -OCH3 is 2. The molecule has 0 saturated carbocycles. The maximum Gasteiger partial charge on any atom is 0.315 e. The van der Waals surface area contributed by atoms with E-state index in [2.05, 4.69) is 13.8 Å². The second-order valence-electron chi connectivity index (χ2n) is 8.99. The van der Waals surface area contributed by atoms with Gasteiger partial charge in [-0.1, -0.05) is 19.9 Å².